The molecule has 2 aromatic rings. The highest BCUT2D eigenvalue weighted by atomic mass is 35.5. The molecule has 2 heterocycles. The molecule has 0 aliphatic heterocycles. The first-order chi connectivity index (χ1) is 14.8. The minimum atomic E-state index is 0.247. The summed E-state index contributed by atoms with van der Waals surface area (Å²) in [5.41, 5.74) is 10.0. The number of nitrogens with zero attached hydrogens (tertiary/aromatic N) is 3. The van der Waals surface area contributed by atoms with Gasteiger partial charge in [-0.1, -0.05) is 91.1 Å². The van der Waals surface area contributed by atoms with Crippen molar-refractivity contribution in [1.82, 2.24) is 14.4 Å². The third-order valence-corrected chi connectivity index (χ3v) is 5.84. The van der Waals surface area contributed by atoms with Gasteiger partial charge in [0.25, 0.3) is 0 Å². The standard InChI is InChI=1S/C20H28ClN3.C7H15N/c1-14(11-20(2,3)4)10-16-12-22-18(21)17-13-23-19(24(16)17)15-8-6-5-7-9-15;1-6(8)5-7(2,3)4/h12-13,15H,1,5-11H2,2-4H3;1,5,8H2,2-4H3. The fourth-order valence-corrected chi connectivity index (χ4v) is 4.77. The second-order valence-corrected chi connectivity index (χ2v) is 12.1. The van der Waals surface area contributed by atoms with Crippen molar-refractivity contribution in [2.45, 2.75) is 98.8 Å². The molecule has 2 aromatic heterocycles. The largest absolute Gasteiger partial charge is 0.402 e. The maximum atomic E-state index is 6.33. The average Bonchev–Trinajstić information content (AvgIpc) is 3.08. The zero-order chi connectivity index (χ0) is 24.1. The van der Waals surface area contributed by atoms with Gasteiger partial charge in [-0.3, -0.25) is 4.40 Å². The van der Waals surface area contributed by atoms with E-state index in [1.807, 2.05) is 12.4 Å². The molecule has 0 unspecified atom stereocenters. The van der Waals surface area contributed by atoms with E-state index in [0.29, 0.717) is 16.5 Å². The molecule has 0 amide bonds. The minimum absolute atomic E-state index is 0.247. The first-order valence-corrected chi connectivity index (χ1v) is 12.3. The molecule has 5 heteroatoms. The predicted molar refractivity (Wildman–Crippen MR) is 138 cm³/mol. The highest BCUT2D eigenvalue weighted by Gasteiger charge is 2.23. The molecule has 178 valence electrons. The fraction of sp³-hybridized carbons (Fsp3) is 0.630. The van der Waals surface area contributed by atoms with E-state index in [1.165, 1.54) is 37.7 Å². The second kappa shape index (κ2) is 10.9. The van der Waals surface area contributed by atoms with E-state index >= 15 is 0 Å². The Kier molecular flexibility index (Phi) is 8.98. The molecule has 1 aliphatic rings. The van der Waals surface area contributed by atoms with Crippen molar-refractivity contribution in [3.63, 3.8) is 0 Å². The molecular weight excluding hydrogens is 416 g/mol. The van der Waals surface area contributed by atoms with Gasteiger partial charge in [0.05, 0.1) is 6.20 Å². The van der Waals surface area contributed by atoms with E-state index < -0.39 is 0 Å². The molecule has 0 aromatic carbocycles. The van der Waals surface area contributed by atoms with Crippen LogP contribution in [-0.4, -0.2) is 14.4 Å². The zero-order valence-electron chi connectivity index (χ0n) is 21.1. The maximum Gasteiger partial charge on any atom is 0.154 e. The van der Waals surface area contributed by atoms with Crippen LogP contribution in [0.15, 0.2) is 36.8 Å². The second-order valence-electron chi connectivity index (χ2n) is 11.8. The molecule has 0 radical (unpaired) electrons. The SMILES string of the molecule is C=C(Cc1cnc(Cl)c2cnc(C3CCCCC3)n12)CC(C)(C)C.C=C(N)CC(C)(C)C. The Bertz CT molecular complexity index is 922. The summed E-state index contributed by atoms with van der Waals surface area (Å²) in [5.74, 6) is 1.70. The summed E-state index contributed by atoms with van der Waals surface area (Å²) in [6.45, 7) is 21.1. The molecule has 0 spiro atoms. The van der Waals surface area contributed by atoms with Gasteiger partial charge in [0.15, 0.2) is 5.15 Å². The Morgan fingerprint density at radius 1 is 1.00 bits per heavy atom. The summed E-state index contributed by atoms with van der Waals surface area (Å²) in [6.07, 6.45) is 12.9. The third-order valence-electron chi connectivity index (χ3n) is 5.55. The Morgan fingerprint density at radius 3 is 2.09 bits per heavy atom. The highest BCUT2D eigenvalue weighted by Crippen LogP contribution is 2.34. The Balaban J connectivity index is 0.000000390. The normalized spacial score (nSPS) is 15.3. The summed E-state index contributed by atoms with van der Waals surface area (Å²) in [6, 6.07) is 0. The summed E-state index contributed by atoms with van der Waals surface area (Å²) >= 11 is 6.33. The van der Waals surface area contributed by atoms with Crippen molar-refractivity contribution in [2.24, 2.45) is 16.6 Å². The van der Waals surface area contributed by atoms with Crippen molar-refractivity contribution in [3.05, 3.63) is 53.5 Å². The van der Waals surface area contributed by atoms with Gasteiger partial charge in [0.1, 0.15) is 11.3 Å². The van der Waals surface area contributed by atoms with Crippen molar-refractivity contribution in [3.8, 4) is 0 Å². The van der Waals surface area contributed by atoms with Crippen LogP contribution in [0.2, 0.25) is 5.15 Å². The van der Waals surface area contributed by atoms with E-state index in [1.54, 1.807) is 0 Å². The lowest BCUT2D eigenvalue weighted by Crippen LogP contribution is -2.13. The lowest BCUT2D eigenvalue weighted by atomic mass is 9.87. The number of hydrogen-bond acceptors (Lipinski definition) is 3. The van der Waals surface area contributed by atoms with Gasteiger partial charge in [-0.2, -0.15) is 0 Å². The quantitative estimate of drug-likeness (QED) is 0.463. The number of rotatable bonds is 5. The Labute approximate surface area is 200 Å². The highest BCUT2D eigenvalue weighted by molar-refractivity contribution is 6.32. The molecule has 1 fully saturated rings. The van der Waals surface area contributed by atoms with Crippen molar-refractivity contribution in [1.29, 1.82) is 0 Å². The number of fused-ring (bicyclic) bond motifs is 1. The van der Waals surface area contributed by atoms with E-state index in [0.717, 1.165) is 42.0 Å². The van der Waals surface area contributed by atoms with Crippen LogP contribution in [0.3, 0.4) is 0 Å². The van der Waals surface area contributed by atoms with Crippen LogP contribution in [0.4, 0.5) is 0 Å². The maximum absolute atomic E-state index is 6.33. The lowest BCUT2D eigenvalue weighted by molar-refractivity contribution is 0.406. The summed E-state index contributed by atoms with van der Waals surface area (Å²) in [5, 5.41) is 0.537. The lowest BCUT2D eigenvalue weighted by Gasteiger charge is -2.23. The monoisotopic (exact) mass is 458 g/mol. The van der Waals surface area contributed by atoms with Gasteiger partial charge in [0, 0.05) is 29.9 Å². The van der Waals surface area contributed by atoms with Gasteiger partial charge in [-0.15, -0.1) is 0 Å². The van der Waals surface area contributed by atoms with Crippen molar-refractivity contribution < 1.29 is 0 Å². The Hall–Kier alpha value is -1.81. The zero-order valence-corrected chi connectivity index (χ0v) is 21.9. The molecule has 0 atom stereocenters. The smallest absolute Gasteiger partial charge is 0.154 e. The van der Waals surface area contributed by atoms with Crippen LogP contribution in [0, 0.1) is 10.8 Å². The van der Waals surface area contributed by atoms with Gasteiger partial charge < -0.3 is 5.73 Å². The first-order valence-electron chi connectivity index (χ1n) is 11.9. The van der Waals surface area contributed by atoms with Crippen LogP contribution >= 0.6 is 11.6 Å². The van der Waals surface area contributed by atoms with Gasteiger partial charge in [0.2, 0.25) is 0 Å². The third kappa shape index (κ3) is 8.27. The summed E-state index contributed by atoms with van der Waals surface area (Å²) < 4.78 is 2.25. The van der Waals surface area contributed by atoms with Gasteiger partial charge in [-0.25, -0.2) is 9.97 Å². The van der Waals surface area contributed by atoms with Crippen LogP contribution < -0.4 is 5.73 Å². The number of allylic oxidation sites excluding steroid dienone is 2. The molecule has 1 saturated carbocycles. The van der Waals surface area contributed by atoms with Gasteiger partial charge in [-0.05, 0) is 36.5 Å². The molecule has 2 N–H and O–H groups in total. The van der Waals surface area contributed by atoms with E-state index in [9.17, 15) is 0 Å². The molecule has 1 aliphatic carbocycles. The number of halogens is 1. The molecule has 32 heavy (non-hydrogen) atoms. The summed E-state index contributed by atoms with van der Waals surface area (Å²) in [7, 11) is 0. The van der Waals surface area contributed by atoms with Crippen LogP contribution in [0.1, 0.15) is 104 Å². The van der Waals surface area contributed by atoms with E-state index in [4.69, 9.17) is 22.3 Å². The number of hydrogen-bond donors (Lipinski definition) is 1. The van der Waals surface area contributed by atoms with Crippen LogP contribution in [0.25, 0.3) is 5.52 Å². The molecule has 0 bridgehead atoms. The van der Waals surface area contributed by atoms with Crippen LogP contribution in [0.5, 0.6) is 0 Å². The number of aromatic nitrogens is 3. The van der Waals surface area contributed by atoms with E-state index in [-0.39, 0.29) is 5.41 Å². The fourth-order valence-electron chi connectivity index (χ4n) is 4.59. The average molecular weight is 459 g/mol. The topological polar surface area (TPSA) is 56.2 Å². The Morgan fingerprint density at radius 2 is 1.59 bits per heavy atom. The molecular formula is C27H43ClN4. The number of nitrogens with two attached hydrogens (primary N) is 1. The number of imidazole rings is 1. The predicted octanol–water partition coefficient (Wildman–Crippen LogP) is 7.86. The molecule has 0 saturated heterocycles. The van der Waals surface area contributed by atoms with Crippen molar-refractivity contribution >= 4 is 17.1 Å². The van der Waals surface area contributed by atoms with Gasteiger partial charge >= 0.3 is 0 Å². The van der Waals surface area contributed by atoms with Crippen LogP contribution in [-0.2, 0) is 6.42 Å². The first kappa shape index (κ1) is 26.4. The van der Waals surface area contributed by atoms with E-state index in [2.05, 4.69) is 64.1 Å². The summed E-state index contributed by atoms with van der Waals surface area (Å²) in [4.78, 5) is 9.11. The van der Waals surface area contributed by atoms with Crippen molar-refractivity contribution in [2.75, 3.05) is 0 Å². The minimum Gasteiger partial charge on any atom is -0.402 e. The molecule has 4 nitrogen and oxygen atoms in total. The molecule has 3 rings (SSSR count).